The Morgan fingerprint density at radius 1 is 1.26 bits per heavy atom. The predicted molar refractivity (Wildman–Crippen MR) is 122 cm³/mol. The maximum Gasteiger partial charge on any atom is 0.216 e. The number of guanidine groups is 1. The Balaban J connectivity index is 1.29. The quantitative estimate of drug-likeness (QED) is 0.382. The standard InChI is InChI=1S/C23H31N7O/c1-2-24-23(25-13-12-21-27-22(29-28-21)20-11-7-15-31-20)26-19-10-6-14-30(17-19)16-18-8-4-3-5-9-18/h3-5,7-9,11,15,19H,2,6,10,12-14,16-17H2,1H3,(H2,24,25,26)(H,27,28,29). The summed E-state index contributed by atoms with van der Waals surface area (Å²) in [5.74, 6) is 2.91. The van der Waals surface area contributed by atoms with Crippen LogP contribution in [0.3, 0.4) is 0 Å². The number of piperidine rings is 1. The minimum atomic E-state index is 0.395. The van der Waals surface area contributed by atoms with Crippen molar-refractivity contribution in [2.24, 2.45) is 4.99 Å². The van der Waals surface area contributed by atoms with E-state index in [1.54, 1.807) is 6.26 Å². The fraction of sp³-hybridized carbons (Fsp3) is 0.435. The molecule has 8 heteroatoms. The van der Waals surface area contributed by atoms with E-state index in [1.807, 2.05) is 12.1 Å². The molecule has 3 N–H and O–H groups in total. The summed E-state index contributed by atoms with van der Waals surface area (Å²) in [7, 11) is 0. The first-order valence-electron chi connectivity index (χ1n) is 11.1. The summed E-state index contributed by atoms with van der Waals surface area (Å²) >= 11 is 0. The highest BCUT2D eigenvalue weighted by Gasteiger charge is 2.20. The van der Waals surface area contributed by atoms with E-state index in [0.717, 1.165) is 44.4 Å². The van der Waals surface area contributed by atoms with Crippen LogP contribution in [-0.4, -0.2) is 58.3 Å². The SMILES string of the molecule is CCNC(=NCCc1nc(-c2ccco2)n[nH]1)NC1CCCN(Cc2ccccc2)C1. The van der Waals surface area contributed by atoms with E-state index in [1.165, 1.54) is 12.0 Å². The number of benzene rings is 1. The maximum atomic E-state index is 5.34. The maximum absolute atomic E-state index is 5.34. The average molecular weight is 422 g/mol. The lowest BCUT2D eigenvalue weighted by molar-refractivity contribution is 0.192. The van der Waals surface area contributed by atoms with Crippen molar-refractivity contribution >= 4 is 5.96 Å². The van der Waals surface area contributed by atoms with Gasteiger partial charge in [-0.25, -0.2) is 4.98 Å². The molecule has 1 saturated heterocycles. The van der Waals surface area contributed by atoms with Crippen LogP contribution in [0.5, 0.6) is 0 Å². The lowest BCUT2D eigenvalue weighted by Gasteiger charge is -2.34. The zero-order chi connectivity index (χ0) is 21.3. The van der Waals surface area contributed by atoms with Gasteiger partial charge in [0.2, 0.25) is 5.82 Å². The Labute approximate surface area is 183 Å². The van der Waals surface area contributed by atoms with Crippen molar-refractivity contribution in [3.05, 3.63) is 60.1 Å². The minimum Gasteiger partial charge on any atom is -0.461 e. The number of aliphatic imine (C=N–C) groups is 1. The summed E-state index contributed by atoms with van der Waals surface area (Å²) in [6.07, 6.45) is 4.66. The van der Waals surface area contributed by atoms with E-state index >= 15 is 0 Å². The molecule has 0 aliphatic carbocycles. The molecule has 3 heterocycles. The van der Waals surface area contributed by atoms with Gasteiger partial charge in [0.1, 0.15) is 5.82 Å². The fourth-order valence-corrected chi connectivity index (χ4v) is 3.87. The molecule has 2 aromatic heterocycles. The largest absolute Gasteiger partial charge is 0.461 e. The molecular weight excluding hydrogens is 390 g/mol. The monoisotopic (exact) mass is 421 g/mol. The van der Waals surface area contributed by atoms with Gasteiger partial charge < -0.3 is 15.1 Å². The summed E-state index contributed by atoms with van der Waals surface area (Å²) in [4.78, 5) is 11.8. The number of hydrogen-bond donors (Lipinski definition) is 3. The smallest absolute Gasteiger partial charge is 0.216 e. The molecule has 164 valence electrons. The van der Waals surface area contributed by atoms with Gasteiger partial charge in [0.05, 0.1) is 6.26 Å². The molecule has 3 aromatic rings. The second kappa shape index (κ2) is 10.8. The van der Waals surface area contributed by atoms with Crippen LogP contribution < -0.4 is 10.6 Å². The van der Waals surface area contributed by atoms with E-state index < -0.39 is 0 Å². The van der Waals surface area contributed by atoms with E-state index in [2.05, 4.69) is 68.0 Å². The second-order valence-corrected chi connectivity index (χ2v) is 7.80. The zero-order valence-corrected chi connectivity index (χ0v) is 18.1. The number of hydrogen-bond acceptors (Lipinski definition) is 5. The van der Waals surface area contributed by atoms with Gasteiger partial charge in [-0.15, -0.1) is 0 Å². The van der Waals surface area contributed by atoms with Crippen LogP contribution in [0, 0.1) is 0 Å². The van der Waals surface area contributed by atoms with Gasteiger partial charge in [-0.2, -0.15) is 5.10 Å². The molecule has 31 heavy (non-hydrogen) atoms. The highest BCUT2D eigenvalue weighted by atomic mass is 16.3. The predicted octanol–water partition coefficient (Wildman–Crippen LogP) is 2.83. The van der Waals surface area contributed by atoms with Crippen LogP contribution in [0.2, 0.25) is 0 Å². The lowest BCUT2D eigenvalue weighted by atomic mass is 10.0. The van der Waals surface area contributed by atoms with E-state index in [0.29, 0.717) is 30.6 Å². The van der Waals surface area contributed by atoms with Gasteiger partial charge in [0.15, 0.2) is 11.7 Å². The Kier molecular flexibility index (Phi) is 7.33. The summed E-state index contributed by atoms with van der Waals surface area (Å²) in [6.45, 7) is 6.71. The third-order valence-electron chi connectivity index (χ3n) is 5.33. The molecule has 0 bridgehead atoms. The van der Waals surface area contributed by atoms with Crippen molar-refractivity contribution in [2.45, 2.75) is 38.8 Å². The third-order valence-corrected chi connectivity index (χ3v) is 5.33. The summed E-state index contributed by atoms with van der Waals surface area (Å²) in [6, 6.07) is 14.8. The number of H-pyrrole nitrogens is 1. The van der Waals surface area contributed by atoms with Crippen LogP contribution >= 0.6 is 0 Å². The topological polar surface area (TPSA) is 94.4 Å². The van der Waals surface area contributed by atoms with Crippen LogP contribution in [0.15, 0.2) is 58.1 Å². The van der Waals surface area contributed by atoms with Gasteiger partial charge in [-0.05, 0) is 44.0 Å². The minimum absolute atomic E-state index is 0.395. The molecule has 1 unspecified atom stereocenters. The Bertz CT molecular complexity index is 936. The molecule has 4 rings (SSSR count). The van der Waals surface area contributed by atoms with E-state index in [4.69, 9.17) is 9.41 Å². The highest BCUT2D eigenvalue weighted by Crippen LogP contribution is 2.15. The zero-order valence-electron chi connectivity index (χ0n) is 18.1. The number of rotatable bonds is 8. The van der Waals surface area contributed by atoms with Crippen molar-refractivity contribution in [2.75, 3.05) is 26.2 Å². The third kappa shape index (κ3) is 6.18. The average Bonchev–Trinajstić information content (AvgIpc) is 3.47. The summed E-state index contributed by atoms with van der Waals surface area (Å²) in [5, 5.41) is 14.2. The molecule has 1 fully saturated rings. The van der Waals surface area contributed by atoms with Crippen LogP contribution in [-0.2, 0) is 13.0 Å². The molecule has 0 amide bonds. The number of aromatic amines is 1. The highest BCUT2D eigenvalue weighted by molar-refractivity contribution is 5.80. The van der Waals surface area contributed by atoms with Crippen LogP contribution in [0.1, 0.15) is 31.2 Å². The van der Waals surface area contributed by atoms with Gasteiger partial charge >= 0.3 is 0 Å². The summed E-state index contributed by atoms with van der Waals surface area (Å²) < 4.78 is 5.34. The first kappa shape index (κ1) is 21.1. The second-order valence-electron chi connectivity index (χ2n) is 7.80. The first-order valence-corrected chi connectivity index (χ1v) is 11.1. The molecule has 1 aliphatic heterocycles. The van der Waals surface area contributed by atoms with Crippen LogP contribution in [0.4, 0.5) is 0 Å². The number of likely N-dealkylation sites (tertiary alicyclic amines) is 1. The van der Waals surface area contributed by atoms with E-state index in [-0.39, 0.29) is 0 Å². The van der Waals surface area contributed by atoms with Crippen molar-refractivity contribution in [1.29, 1.82) is 0 Å². The number of nitrogens with one attached hydrogen (secondary N) is 3. The Morgan fingerprint density at radius 3 is 2.97 bits per heavy atom. The molecule has 8 nitrogen and oxygen atoms in total. The normalized spacial score (nSPS) is 17.6. The Morgan fingerprint density at radius 2 is 2.16 bits per heavy atom. The van der Waals surface area contributed by atoms with Gasteiger partial charge in [-0.1, -0.05) is 30.3 Å². The van der Waals surface area contributed by atoms with Crippen molar-refractivity contribution < 1.29 is 4.42 Å². The lowest BCUT2D eigenvalue weighted by Crippen LogP contribution is -2.51. The Hall–Kier alpha value is -3.13. The van der Waals surface area contributed by atoms with Crippen LogP contribution in [0.25, 0.3) is 11.6 Å². The number of aromatic nitrogens is 3. The molecular formula is C23H31N7O. The van der Waals surface area contributed by atoms with E-state index in [9.17, 15) is 0 Å². The molecule has 0 radical (unpaired) electrons. The summed E-state index contributed by atoms with van der Waals surface area (Å²) in [5.41, 5.74) is 1.37. The molecule has 1 aliphatic rings. The van der Waals surface area contributed by atoms with Gasteiger partial charge in [0, 0.05) is 38.6 Å². The van der Waals surface area contributed by atoms with Crippen molar-refractivity contribution in [3.63, 3.8) is 0 Å². The number of furan rings is 1. The van der Waals surface area contributed by atoms with Crippen molar-refractivity contribution in [1.82, 2.24) is 30.7 Å². The molecule has 1 aromatic carbocycles. The van der Waals surface area contributed by atoms with Gasteiger partial charge in [0.25, 0.3) is 0 Å². The molecule has 0 saturated carbocycles. The molecule has 0 spiro atoms. The molecule has 1 atom stereocenters. The van der Waals surface area contributed by atoms with Gasteiger partial charge in [-0.3, -0.25) is 15.0 Å². The fourth-order valence-electron chi connectivity index (χ4n) is 3.87. The number of nitrogens with zero attached hydrogens (tertiary/aromatic N) is 4. The first-order chi connectivity index (χ1) is 15.3. The van der Waals surface area contributed by atoms with Crippen molar-refractivity contribution in [3.8, 4) is 11.6 Å².